The third-order valence-corrected chi connectivity index (χ3v) is 3.46. The molecule has 4 nitrogen and oxygen atoms in total. The van der Waals surface area contributed by atoms with E-state index in [1.165, 1.54) is 0 Å². The maximum atomic E-state index is 12.1. The predicted octanol–water partition coefficient (Wildman–Crippen LogP) is 3.88. The van der Waals surface area contributed by atoms with Crippen LogP contribution in [0.15, 0.2) is 53.0 Å². The summed E-state index contributed by atoms with van der Waals surface area (Å²) in [6.07, 6.45) is 0. The molecule has 0 aliphatic carbocycles. The molecule has 0 aromatic heterocycles. The van der Waals surface area contributed by atoms with Crippen LogP contribution >= 0.6 is 15.9 Å². The van der Waals surface area contributed by atoms with Crippen molar-refractivity contribution in [3.63, 3.8) is 0 Å². The highest BCUT2D eigenvalue weighted by Crippen LogP contribution is 2.18. The average molecular weight is 348 g/mol. The number of nitrogens with one attached hydrogen (secondary N) is 1. The van der Waals surface area contributed by atoms with E-state index in [4.69, 9.17) is 4.74 Å². The first-order valence-corrected chi connectivity index (χ1v) is 7.24. The number of benzene rings is 2. The minimum atomic E-state index is -0.374. The van der Waals surface area contributed by atoms with E-state index >= 15 is 0 Å². The number of hydrogen-bond acceptors (Lipinski definition) is 3. The number of carbonyl (C=O) groups excluding carboxylic acids is 2. The Bertz CT molecular complexity index is 653. The zero-order valence-corrected chi connectivity index (χ0v) is 13.0. The Morgan fingerprint density at radius 3 is 2.38 bits per heavy atom. The van der Waals surface area contributed by atoms with Crippen LogP contribution in [0.2, 0.25) is 0 Å². The first-order chi connectivity index (χ1) is 10.1. The second kappa shape index (κ2) is 7.04. The Hall–Kier alpha value is -2.14. The van der Waals surface area contributed by atoms with E-state index in [0.29, 0.717) is 23.4 Å². The van der Waals surface area contributed by atoms with Crippen molar-refractivity contribution in [1.82, 2.24) is 0 Å². The van der Waals surface area contributed by atoms with Crippen LogP contribution in [0.25, 0.3) is 0 Å². The molecule has 0 heterocycles. The Morgan fingerprint density at radius 1 is 1.10 bits per heavy atom. The summed E-state index contributed by atoms with van der Waals surface area (Å²) in [5.41, 5.74) is 1.62. The zero-order chi connectivity index (χ0) is 15.2. The van der Waals surface area contributed by atoms with Crippen molar-refractivity contribution in [2.45, 2.75) is 6.92 Å². The second-order valence-corrected chi connectivity index (χ2v) is 5.09. The van der Waals surface area contributed by atoms with Crippen LogP contribution in [-0.2, 0) is 4.74 Å². The molecule has 0 saturated heterocycles. The van der Waals surface area contributed by atoms with Crippen molar-refractivity contribution in [1.29, 1.82) is 0 Å². The van der Waals surface area contributed by atoms with Gasteiger partial charge >= 0.3 is 5.97 Å². The van der Waals surface area contributed by atoms with E-state index in [-0.39, 0.29) is 11.9 Å². The van der Waals surface area contributed by atoms with Gasteiger partial charge in [-0.15, -0.1) is 0 Å². The lowest BCUT2D eigenvalue weighted by molar-refractivity contribution is 0.0526. The number of hydrogen-bond donors (Lipinski definition) is 1. The molecule has 0 unspecified atom stereocenters. The molecule has 5 heteroatoms. The number of rotatable bonds is 4. The van der Waals surface area contributed by atoms with Crippen LogP contribution in [0.4, 0.5) is 5.69 Å². The van der Waals surface area contributed by atoms with Gasteiger partial charge in [-0.1, -0.05) is 12.1 Å². The Morgan fingerprint density at radius 2 is 1.76 bits per heavy atom. The van der Waals surface area contributed by atoms with Crippen LogP contribution in [0.3, 0.4) is 0 Å². The molecule has 0 bridgehead atoms. The number of esters is 1. The summed E-state index contributed by atoms with van der Waals surface area (Å²) in [6.45, 7) is 2.09. The second-order valence-electron chi connectivity index (χ2n) is 4.23. The van der Waals surface area contributed by atoms with Gasteiger partial charge in [-0.3, -0.25) is 4.79 Å². The first-order valence-electron chi connectivity index (χ1n) is 6.45. The molecule has 2 aromatic rings. The molecule has 2 rings (SSSR count). The monoisotopic (exact) mass is 347 g/mol. The van der Waals surface area contributed by atoms with Crippen LogP contribution in [0, 0.1) is 0 Å². The lowest BCUT2D eigenvalue weighted by Gasteiger charge is -2.07. The van der Waals surface area contributed by atoms with Crippen molar-refractivity contribution >= 4 is 33.5 Å². The molecule has 21 heavy (non-hydrogen) atoms. The van der Waals surface area contributed by atoms with E-state index in [9.17, 15) is 9.59 Å². The summed E-state index contributed by atoms with van der Waals surface area (Å²) in [7, 11) is 0. The average Bonchev–Trinajstić information content (AvgIpc) is 2.48. The maximum absolute atomic E-state index is 12.1. The molecular formula is C16H14BrNO3. The van der Waals surface area contributed by atoms with Crippen molar-refractivity contribution in [2.24, 2.45) is 0 Å². The molecule has 1 N–H and O–H groups in total. The fourth-order valence-electron chi connectivity index (χ4n) is 1.75. The lowest BCUT2D eigenvalue weighted by atomic mass is 10.2. The van der Waals surface area contributed by atoms with Gasteiger partial charge in [0.2, 0.25) is 0 Å². The van der Waals surface area contributed by atoms with Gasteiger partial charge in [0.05, 0.1) is 17.7 Å². The molecule has 0 radical (unpaired) electrons. The lowest BCUT2D eigenvalue weighted by Crippen LogP contribution is -2.12. The van der Waals surface area contributed by atoms with E-state index < -0.39 is 0 Å². The summed E-state index contributed by atoms with van der Waals surface area (Å²) < 4.78 is 5.63. The van der Waals surface area contributed by atoms with Crippen LogP contribution in [-0.4, -0.2) is 18.5 Å². The minimum Gasteiger partial charge on any atom is -0.462 e. The van der Waals surface area contributed by atoms with Crippen molar-refractivity contribution in [2.75, 3.05) is 11.9 Å². The van der Waals surface area contributed by atoms with Crippen LogP contribution < -0.4 is 5.32 Å². The Labute approximate surface area is 131 Å². The molecule has 0 atom stereocenters. The van der Waals surface area contributed by atoms with Gasteiger partial charge in [0.15, 0.2) is 0 Å². The van der Waals surface area contributed by atoms with Crippen molar-refractivity contribution < 1.29 is 14.3 Å². The van der Waals surface area contributed by atoms with Crippen LogP contribution in [0.5, 0.6) is 0 Å². The van der Waals surface area contributed by atoms with Gasteiger partial charge in [-0.2, -0.15) is 0 Å². The normalized spacial score (nSPS) is 10.0. The summed E-state index contributed by atoms with van der Waals surface area (Å²) in [6, 6.07) is 13.7. The number of halogens is 1. The topological polar surface area (TPSA) is 55.4 Å². The van der Waals surface area contributed by atoms with Gasteiger partial charge in [0.25, 0.3) is 5.91 Å². The SMILES string of the molecule is CCOC(=O)c1ccc(NC(=O)c2ccccc2Br)cc1. The molecular weight excluding hydrogens is 334 g/mol. The van der Waals surface area contributed by atoms with E-state index in [0.717, 1.165) is 4.47 Å². The highest BCUT2D eigenvalue weighted by atomic mass is 79.9. The molecule has 2 aromatic carbocycles. The van der Waals surface area contributed by atoms with E-state index in [1.54, 1.807) is 49.4 Å². The van der Waals surface area contributed by atoms with Crippen molar-refractivity contribution in [3.05, 3.63) is 64.1 Å². The van der Waals surface area contributed by atoms with Crippen molar-refractivity contribution in [3.8, 4) is 0 Å². The van der Waals surface area contributed by atoms with Gasteiger partial charge in [-0.25, -0.2) is 4.79 Å². The Balaban J connectivity index is 2.09. The number of amides is 1. The first kappa shape index (κ1) is 15.3. The molecule has 108 valence electrons. The Kier molecular flexibility index (Phi) is 5.11. The van der Waals surface area contributed by atoms with Gasteiger partial charge in [-0.05, 0) is 59.3 Å². The minimum absolute atomic E-state index is 0.216. The number of carbonyl (C=O) groups is 2. The summed E-state index contributed by atoms with van der Waals surface area (Å²) in [5.74, 6) is -0.590. The third-order valence-electron chi connectivity index (χ3n) is 2.77. The highest BCUT2D eigenvalue weighted by molar-refractivity contribution is 9.10. The largest absolute Gasteiger partial charge is 0.462 e. The smallest absolute Gasteiger partial charge is 0.338 e. The predicted molar refractivity (Wildman–Crippen MR) is 84.5 cm³/mol. The standard InChI is InChI=1S/C16H14BrNO3/c1-2-21-16(20)11-7-9-12(10-8-11)18-15(19)13-5-3-4-6-14(13)17/h3-10H,2H2,1H3,(H,18,19). The van der Waals surface area contributed by atoms with Gasteiger partial charge in [0, 0.05) is 10.2 Å². The van der Waals surface area contributed by atoms with Gasteiger partial charge < -0.3 is 10.1 Å². The fraction of sp³-hybridized carbons (Fsp3) is 0.125. The fourth-order valence-corrected chi connectivity index (χ4v) is 2.21. The third kappa shape index (κ3) is 3.92. The molecule has 0 spiro atoms. The summed E-state index contributed by atoms with van der Waals surface area (Å²) >= 11 is 3.34. The molecule has 0 fully saturated rings. The molecule has 1 amide bonds. The van der Waals surface area contributed by atoms with Crippen LogP contribution in [0.1, 0.15) is 27.6 Å². The van der Waals surface area contributed by atoms with Gasteiger partial charge in [0.1, 0.15) is 0 Å². The number of ether oxygens (including phenoxy) is 1. The summed E-state index contributed by atoms with van der Waals surface area (Å²) in [5, 5.41) is 2.78. The maximum Gasteiger partial charge on any atom is 0.338 e. The van der Waals surface area contributed by atoms with E-state index in [2.05, 4.69) is 21.2 Å². The quantitative estimate of drug-likeness (QED) is 0.854. The highest BCUT2D eigenvalue weighted by Gasteiger charge is 2.10. The number of anilines is 1. The zero-order valence-electron chi connectivity index (χ0n) is 11.4. The van der Waals surface area contributed by atoms with E-state index in [1.807, 2.05) is 6.07 Å². The molecule has 0 saturated carbocycles. The molecule has 0 aliphatic rings. The summed E-state index contributed by atoms with van der Waals surface area (Å²) in [4.78, 5) is 23.7. The molecule has 0 aliphatic heterocycles.